The van der Waals surface area contributed by atoms with Gasteiger partial charge in [-0.3, -0.25) is 0 Å². The number of fused-ring (bicyclic) bond motifs is 2. The number of benzene rings is 1. The Kier molecular flexibility index (Phi) is 3.72. The fourth-order valence-corrected chi connectivity index (χ4v) is 4.18. The lowest BCUT2D eigenvalue weighted by Crippen LogP contribution is -2.48. The van der Waals surface area contributed by atoms with E-state index in [-0.39, 0.29) is 0 Å². The van der Waals surface area contributed by atoms with Crippen LogP contribution < -0.4 is 15.0 Å². The van der Waals surface area contributed by atoms with Gasteiger partial charge in [-0.25, -0.2) is 0 Å². The largest absolute Gasteiger partial charge is 0.496 e. The summed E-state index contributed by atoms with van der Waals surface area (Å²) in [6.07, 6.45) is 5.17. The van der Waals surface area contributed by atoms with Crippen molar-refractivity contribution < 1.29 is 4.74 Å². The zero-order valence-corrected chi connectivity index (χ0v) is 13.1. The van der Waals surface area contributed by atoms with Gasteiger partial charge in [-0.05, 0) is 66.9 Å². The lowest BCUT2D eigenvalue weighted by atomic mass is 9.97. The number of piperidine rings is 1. The van der Waals surface area contributed by atoms with Gasteiger partial charge in [0.1, 0.15) is 5.75 Å². The maximum atomic E-state index is 5.32. The van der Waals surface area contributed by atoms with E-state index in [1.807, 2.05) is 0 Å². The maximum Gasteiger partial charge on any atom is 0.133 e. The van der Waals surface area contributed by atoms with E-state index >= 15 is 0 Å². The second-order valence-electron chi connectivity index (χ2n) is 5.57. The SMILES string of the molecule is CNC1CC2CCC(C1)N2c1ccc(OC)c(Br)c1. The van der Waals surface area contributed by atoms with Crippen LogP contribution in [0.3, 0.4) is 0 Å². The molecule has 2 aliphatic heterocycles. The third-order valence-corrected chi connectivity index (χ3v) is 5.19. The molecule has 1 N–H and O–H groups in total. The molecule has 1 aromatic carbocycles. The van der Waals surface area contributed by atoms with E-state index < -0.39 is 0 Å². The molecule has 4 heteroatoms. The van der Waals surface area contributed by atoms with E-state index in [0.29, 0.717) is 18.1 Å². The van der Waals surface area contributed by atoms with Crippen LogP contribution in [0.25, 0.3) is 0 Å². The average molecular weight is 325 g/mol. The normalized spacial score (nSPS) is 29.6. The molecule has 0 amide bonds. The predicted molar refractivity (Wildman–Crippen MR) is 82.1 cm³/mol. The van der Waals surface area contributed by atoms with E-state index in [9.17, 15) is 0 Å². The lowest BCUT2D eigenvalue weighted by molar-refractivity contribution is 0.373. The van der Waals surface area contributed by atoms with Crippen molar-refractivity contribution in [3.63, 3.8) is 0 Å². The third kappa shape index (κ3) is 2.36. The number of rotatable bonds is 3. The molecule has 2 saturated heterocycles. The summed E-state index contributed by atoms with van der Waals surface area (Å²) in [5, 5.41) is 3.45. The van der Waals surface area contributed by atoms with Crippen LogP contribution >= 0.6 is 15.9 Å². The maximum absolute atomic E-state index is 5.32. The number of ether oxygens (including phenoxy) is 1. The molecule has 0 saturated carbocycles. The van der Waals surface area contributed by atoms with Crippen molar-refractivity contribution in [2.24, 2.45) is 0 Å². The Labute approximate surface area is 123 Å². The summed E-state index contributed by atoms with van der Waals surface area (Å²) in [7, 11) is 3.80. The van der Waals surface area contributed by atoms with Crippen molar-refractivity contribution in [3.8, 4) is 5.75 Å². The van der Waals surface area contributed by atoms with E-state index in [1.54, 1.807) is 7.11 Å². The molecule has 2 heterocycles. The Morgan fingerprint density at radius 3 is 2.47 bits per heavy atom. The summed E-state index contributed by atoms with van der Waals surface area (Å²) in [6.45, 7) is 0. The fraction of sp³-hybridized carbons (Fsp3) is 0.600. The van der Waals surface area contributed by atoms with Crippen molar-refractivity contribution in [2.75, 3.05) is 19.1 Å². The minimum Gasteiger partial charge on any atom is -0.496 e. The molecule has 2 atom stereocenters. The Bertz CT molecular complexity index is 451. The molecule has 104 valence electrons. The van der Waals surface area contributed by atoms with E-state index in [4.69, 9.17) is 4.74 Å². The lowest BCUT2D eigenvalue weighted by Gasteiger charge is -2.40. The molecule has 19 heavy (non-hydrogen) atoms. The molecule has 2 aliphatic rings. The van der Waals surface area contributed by atoms with Gasteiger partial charge in [-0.2, -0.15) is 0 Å². The molecule has 2 unspecified atom stereocenters. The number of hydrogen-bond acceptors (Lipinski definition) is 3. The van der Waals surface area contributed by atoms with Gasteiger partial charge < -0.3 is 15.0 Å². The van der Waals surface area contributed by atoms with Crippen LogP contribution in [0.4, 0.5) is 5.69 Å². The van der Waals surface area contributed by atoms with Crippen molar-refractivity contribution in [1.82, 2.24) is 5.32 Å². The van der Waals surface area contributed by atoms with Crippen molar-refractivity contribution in [1.29, 1.82) is 0 Å². The molecule has 2 fully saturated rings. The van der Waals surface area contributed by atoms with Crippen molar-refractivity contribution in [3.05, 3.63) is 22.7 Å². The summed E-state index contributed by atoms with van der Waals surface area (Å²) in [5.41, 5.74) is 1.33. The molecule has 2 bridgehead atoms. The minimum atomic E-state index is 0.690. The topological polar surface area (TPSA) is 24.5 Å². The molecule has 3 rings (SSSR count). The number of methoxy groups -OCH3 is 1. The second kappa shape index (κ2) is 5.33. The smallest absolute Gasteiger partial charge is 0.133 e. The highest BCUT2D eigenvalue weighted by Crippen LogP contribution is 2.41. The highest BCUT2D eigenvalue weighted by atomic mass is 79.9. The van der Waals surface area contributed by atoms with E-state index in [0.717, 1.165) is 10.2 Å². The zero-order chi connectivity index (χ0) is 13.4. The van der Waals surface area contributed by atoms with Crippen LogP contribution in [0.1, 0.15) is 25.7 Å². The summed E-state index contributed by atoms with van der Waals surface area (Å²) >= 11 is 3.60. The Hall–Kier alpha value is -0.740. The predicted octanol–water partition coefficient (Wildman–Crippen LogP) is 3.18. The van der Waals surface area contributed by atoms with Gasteiger partial charge in [-0.1, -0.05) is 0 Å². The summed E-state index contributed by atoms with van der Waals surface area (Å²) in [4.78, 5) is 2.62. The molecular weight excluding hydrogens is 304 g/mol. The van der Waals surface area contributed by atoms with Crippen molar-refractivity contribution in [2.45, 2.75) is 43.8 Å². The van der Waals surface area contributed by atoms with Gasteiger partial charge in [0.05, 0.1) is 11.6 Å². The van der Waals surface area contributed by atoms with Crippen LogP contribution in [0, 0.1) is 0 Å². The van der Waals surface area contributed by atoms with Gasteiger partial charge in [0.2, 0.25) is 0 Å². The first-order valence-corrected chi connectivity index (χ1v) is 7.81. The molecule has 3 nitrogen and oxygen atoms in total. The van der Waals surface area contributed by atoms with E-state index in [1.165, 1.54) is 31.4 Å². The number of nitrogens with one attached hydrogen (secondary N) is 1. The monoisotopic (exact) mass is 324 g/mol. The molecule has 1 aromatic rings. The summed E-state index contributed by atoms with van der Waals surface area (Å²) in [5.74, 6) is 0.904. The molecule has 0 aromatic heterocycles. The van der Waals surface area contributed by atoms with Gasteiger partial charge in [0.15, 0.2) is 0 Å². The number of nitrogens with zero attached hydrogens (tertiary/aromatic N) is 1. The quantitative estimate of drug-likeness (QED) is 0.924. The van der Waals surface area contributed by atoms with Crippen LogP contribution in [-0.2, 0) is 0 Å². The highest BCUT2D eigenvalue weighted by molar-refractivity contribution is 9.10. The number of halogens is 1. The van der Waals surface area contributed by atoms with Crippen LogP contribution in [0.5, 0.6) is 5.75 Å². The first-order chi connectivity index (χ1) is 9.22. The van der Waals surface area contributed by atoms with Gasteiger partial charge in [-0.15, -0.1) is 0 Å². The second-order valence-corrected chi connectivity index (χ2v) is 6.42. The van der Waals surface area contributed by atoms with Crippen LogP contribution in [-0.4, -0.2) is 32.3 Å². The Morgan fingerprint density at radius 1 is 1.26 bits per heavy atom. The molecule has 0 spiro atoms. The molecular formula is C15H21BrN2O. The van der Waals surface area contributed by atoms with Gasteiger partial charge >= 0.3 is 0 Å². The third-order valence-electron chi connectivity index (χ3n) is 4.57. The zero-order valence-electron chi connectivity index (χ0n) is 11.5. The van der Waals surface area contributed by atoms with E-state index in [2.05, 4.69) is 51.4 Å². The van der Waals surface area contributed by atoms with Crippen molar-refractivity contribution >= 4 is 21.6 Å². The molecule has 0 radical (unpaired) electrons. The fourth-order valence-electron chi connectivity index (χ4n) is 3.65. The Morgan fingerprint density at radius 2 is 1.95 bits per heavy atom. The summed E-state index contributed by atoms with van der Waals surface area (Å²) < 4.78 is 6.36. The van der Waals surface area contributed by atoms with Gasteiger partial charge in [0, 0.05) is 23.8 Å². The van der Waals surface area contributed by atoms with Crippen LogP contribution in [0.2, 0.25) is 0 Å². The van der Waals surface area contributed by atoms with Gasteiger partial charge in [0.25, 0.3) is 0 Å². The van der Waals surface area contributed by atoms with Crippen LogP contribution in [0.15, 0.2) is 22.7 Å². The first kappa shape index (κ1) is 13.3. The minimum absolute atomic E-state index is 0.690. The Balaban J connectivity index is 1.85. The highest BCUT2D eigenvalue weighted by Gasteiger charge is 2.40. The average Bonchev–Trinajstić information content (AvgIpc) is 2.69. The number of anilines is 1. The molecule has 0 aliphatic carbocycles. The first-order valence-electron chi connectivity index (χ1n) is 7.02. The number of hydrogen-bond donors (Lipinski definition) is 1. The standard InChI is InChI=1S/C15H21BrN2O/c1-17-10-7-11-3-4-12(8-10)18(11)13-5-6-15(19-2)14(16)9-13/h5-6,9-12,17H,3-4,7-8H2,1-2H3. The summed E-state index contributed by atoms with van der Waals surface area (Å²) in [6, 6.07) is 8.52.